The fourth-order valence-corrected chi connectivity index (χ4v) is 2.12. The van der Waals surface area contributed by atoms with Crippen molar-refractivity contribution in [3.8, 4) is 0 Å². The number of hydrogen-bond donors (Lipinski definition) is 1. The number of halogens is 1. The Morgan fingerprint density at radius 3 is 2.47 bits per heavy atom. The predicted octanol–water partition coefficient (Wildman–Crippen LogP) is 3.93. The maximum absolute atomic E-state index is 6.14. The van der Waals surface area contributed by atoms with Crippen molar-refractivity contribution in [3.05, 3.63) is 58.5 Å². The third-order valence-electron chi connectivity index (χ3n) is 2.86. The molecule has 0 aliphatic carbocycles. The fourth-order valence-electron chi connectivity index (χ4n) is 1.89. The van der Waals surface area contributed by atoms with Crippen molar-refractivity contribution < 1.29 is 4.42 Å². The van der Waals surface area contributed by atoms with Gasteiger partial charge in [-0.1, -0.05) is 37.6 Å². The van der Waals surface area contributed by atoms with Gasteiger partial charge in [-0.3, -0.25) is 0 Å². The molecule has 1 heterocycles. The highest BCUT2D eigenvalue weighted by Crippen LogP contribution is 2.27. The molecule has 2 N–H and O–H groups in total. The van der Waals surface area contributed by atoms with Crippen molar-refractivity contribution in [2.24, 2.45) is 5.73 Å². The minimum absolute atomic E-state index is 0.225. The van der Waals surface area contributed by atoms with E-state index in [0.29, 0.717) is 5.22 Å². The number of benzene rings is 1. The monoisotopic (exact) mass is 249 g/mol. The SMILES string of the molecule is CCCc1ccc(C(N)c2ccoc2Cl)cc1. The number of hydrogen-bond acceptors (Lipinski definition) is 2. The smallest absolute Gasteiger partial charge is 0.198 e. The third kappa shape index (κ3) is 2.71. The van der Waals surface area contributed by atoms with Crippen LogP contribution in [0.15, 0.2) is 41.0 Å². The van der Waals surface area contributed by atoms with Crippen molar-refractivity contribution in [1.29, 1.82) is 0 Å². The predicted molar refractivity (Wildman–Crippen MR) is 70.2 cm³/mol. The quantitative estimate of drug-likeness (QED) is 0.892. The first-order valence-electron chi connectivity index (χ1n) is 5.79. The Morgan fingerprint density at radius 2 is 1.94 bits per heavy atom. The molecular weight excluding hydrogens is 234 g/mol. The average Bonchev–Trinajstić information content (AvgIpc) is 2.76. The zero-order chi connectivity index (χ0) is 12.3. The van der Waals surface area contributed by atoms with Crippen LogP contribution in [0.4, 0.5) is 0 Å². The summed E-state index contributed by atoms with van der Waals surface area (Å²) in [5, 5.41) is 0.370. The second-order valence-electron chi connectivity index (χ2n) is 4.12. The van der Waals surface area contributed by atoms with E-state index < -0.39 is 0 Å². The van der Waals surface area contributed by atoms with E-state index in [9.17, 15) is 0 Å². The lowest BCUT2D eigenvalue weighted by Crippen LogP contribution is -2.11. The maximum Gasteiger partial charge on any atom is 0.198 e. The standard InChI is InChI=1S/C14H16ClNO/c1-2-3-10-4-6-11(7-5-10)13(16)12-8-9-17-14(12)15/h4-9,13H,2-3,16H2,1H3. The highest BCUT2D eigenvalue weighted by Gasteiger charge is 2.14. The van der Waals surface area contributed by atoms with Gasteiger partial charge in [0.25, 0.3) is 0 Å². The van der Waals surface area contributed by atoms with E-state index in [-0.39, 0.29) is 6.04 Å². The van der Waals surface area contributed by atoms with Crippen LogP contribution in [0.5, 0.6) is 0 Å². The summed E-state index contributed by atoms with van der Waals surface area (Å²) in [4.78, 5) is 0. The van der Waals surface area contributed by atoms with Gasteiger partial charge in [0.1, 0.15) is 0 Å². The third-order valence-corrected chi connectivity index (χ3v) is 3.17. The number of aryl methyl sites for hydroxylation is 1. The van der Waals surface area contributed by atoms with Crippen molar-refractivity contribution in [1.82, 2.24) is 0 Å². The molecule has 1 aromatic heterocycles. The lowest BCUT2D eigenvalue weighted by atomic mass is 10.00. The molecular formula is C14H16ClNO. The molecule has 2 aromatic rings. The Balaban J connectivity index is 2.20. The molecule has 1 aromatic carbocycles. The molecule has 0 aliphatic rings. The Bertz CT molecular complexity index is 475. The van der Waals surface area contributed by atoms with Crippen molar-refractivity contribution in [3.63, 3.8) is 0 Å². The van der Waals surface area contributed by atoms with Crippen molar-refractivity contribution in [2.75, 3.05) is 0 Å². The minimum atomic E-state index is -0.225. The molecule has 0 bridgehead atoms. The highest BCUT2D eigenvalue weighted by atomic mass is 35.5. The van der Waals surface area contributed by atoms with E-state index in [2.05, 4.69) is 31.2 Å². The summed E-state index contributed by atoms with van der Waals surface area (Å²) >= 11 is 5.92. The second-order valence-corrected chi connectivity index (χ2v) is 4.46. The van der Waals surface area contributed by atoms with Gasteiger partial charge in [0.15, 0.2) is 5.22 Å². The lowest BCUT2D eigenvalue weighted by molar-refractivity contribution is 0.564. The van der Waals surface area contributed by atoms with Gasteiger partial charge in [-0.05, 0) is 35.2 Å². The topological polar surface area (TPSA) is 39.2 Å². The summed E-state index contributed by atoms with van der Waals surface area (Å²) in [5.41, 5.74) is 9.35. The van der Waals surface area contributed by atoms with E-state index in [0.717, 1.165) is 24.0 Å². The van der Waals surface area contributed by atoms with Gasteiger partial charge >= 0.3 is 0 Å². The van der Waals surface area contributed by atoms with Crippen LogP contribution in [0.2, 0.25) is 5.22 Å². The van der Waals surface area contributed by atoms with E-state index in [1.807, 2.05) is 6.07 Å². The van der Waals surface area contributed by atoms with E-state index in [4.69, 9.17) is 21.8 Å². The summed E-state index contributed by atoms with van der Waals surface area (Å²) < 4.78 is 5.05. The largest absolute Gasteiger partial charge is 0.453 e. The van der Waals surface area contributed by atoms with Crippen LogP contribution in [0.1, 0.15) is 36.1 Å². The van der Waals surface area contributed by atoms with Gasteiger partial charge in [-0.2, -0.15) is 0 Å². The molecule has 0 saturated heterocycles. The van der Waals surface area contributed by atoms with Gasteiger partial charge in [0, 0.05) is 5.56 Å². The molecule has 0 amide bonds. The highest BCUT2D eigenvalue weighted by molar-refractivity contribution is 6.29. The molecule has 0 radical (unpaired) electrons. The Morgan fingerprint density at radius 1 is 1.24 bits per heavy atom. The summed E-state index contributed by atoms with van der Waals surface area (Å²) in [6, 6.07) is 9.93. The van der Waals surface area contributed by atoms with Crippen molar-refractivity contribution >= 4 is 11.6 Å². The van der Waals surface area contributed by atoms with Crippen LogP contribution >= 0.6 is 11.6 Å². The molecule has 0 aliphatic heterocycles. The molecule has 0 fully saturated rings. The number of nitrogens with two attached hydrogens (primary N) is 1. The first-order valence-corrected chi connectivity index (χ1v) is 6.17. The summed E-state index contributed by atoms with van der Waals surface area (Å²) in [7, 11) is 0. The van der Waals surface area contributed by atoms with Crippen LogP contribution < -0.4 is 5.73 Å². The van der Waals surface area contributed by atoms with Crippen LogP contribution in [0.3, 0.4) is 0 Å². The molecule has 0 saturated carbocycles. The van der Waals surface area contributed by atoms with Gasteiger partial charge in [-0.15, -0.1) is 0 Å². The fraction of sp³-hybridized carbons (Fsp3) is 0.286. The minimum Gasteiger partial charge on any atom is -0.453 e. The van der Waals surface area contributed by atoms with E-state index >= 15 is 0 Å². The molecule has 2 nitrogen and oxygen atoms in total. The zero-order valence-corrected chi connectivity index (χ0v) is 10.6. The van der Waals surface area contributed by atoms with Crippen LogP contribution in [0.25, 0.3) is 0 Å². The Kier molecular flexibility index (Phi) is 3.87. The van der Waals surface area contributed by atoms with Crippen LogP contribution in [0, 0.1) is 0 Å². The van der Waals surface area contributed by atoms with E-state index in [1.54, 1.807) is 6.26 Å². The molecule has 3 heteroatoms. The molecule has 17 heavy (non-hydrogen) atoms. The first-order chi connectivity index (χ1) is 8.22. The molecule has 90 valence electrons. The molecule has 0 spiro atoms. The Hall–Kier alpha value is -1.25. The molecule has 2 rings (SSSR count). The van der Waals surface area contributed by atoms with Crippen LogP contribution in [-0.2, 0) is 6.42 Å². The zero-order valence-electron chi connectivity index (χ0n) is 9.82. The normalized spacial score (nSPS) is 12.6. The lowest BCUT2D eigenvalue weighted by Gasteiger charge is -2.11. The second kappa shape index (κ2) is 5.39. The van der Waals surface area contributed by atoms with E-state index in [1.165, 1.54) is 5.56 Å². The first kappa shape index (κ1) is 12.2. The van der Waals surface area contributed by atoms with Crippen molar-refractivity contribution in [2.45, 2.75) is 25.8 Å². The Labute approximate surface area is 106 Å². The van der Waals surface area contributed by atoms with Gasteiger partial charge in [-0.25, -0.2) is 0 Å². The maximum atomic E-state index is 6.14. The summed E-state index contributed by atoms with van der Waals surface area (Å²) in [6.07, 6.45) is 3.81. The van der Waals surface area contributed by atoms with Gasteiger partial charge < -0.3 is 10.2 Å². The van der Waals surface area contributed by atoms with Gasteiger partial charge in [0.05, 0.1) is 12.3 Å². The van der Waals surface area contributed by atoms with Crippen LogP contribution in [-0.4, -0.2) is 0 Å². The molecule has 1 atom stereocenters. The average molecular weight is 250 g/mol. The van der Waals surface area contributed by atoms with Gasteiger partial charge in [0.2, 0.25) is 0 Å². The number of furan rings is 1. The molecule has 1 unspecified atom stereocenters. The summed E-state index contributed by atoms with van der Waals surface area (Å²) in [5.74, 6) is 0. The number of rotatable bonds is 4. The summed E-state index contributed by atoms with van der Waals surface area (Å²) in [6.45, 7) is 2.17.